The van der Waals surface area contributed by atoms with E-state index in [2.05, 4.69) is 18.2 Å². The van der Waals surface area contributed by atoms with Crippen LogP contribution in [0, 0.1) is 0 Å². The number of carbonyl (C=O) groups is 1. The van der Waals surface area contributed by atoms with Gasteiger partial charge < -0.3 is 9.64 Å². The third-order valence-corrected chi connectivity index (χ3v) is 5.11. The molecule has 0 spiro atoms. The van der Waals surface area contributed by atoms with Crippen molar-refractivity contribution >= 4 is 17.2 Å². The van der Waals surface area contributed by atoms with Crippen LogP contribution in [-0.2, 0) is 6.42 Å². The van der Waals surface area contributed by atoms with Crippen molar-refractivity contribution in [1.29, 1.82) is 0 Å². The summed E-state index contributed by atoms with van der Waals surface area (Å²) in [6, 6.07) is 8.42. The highest BCUT2D eigenvalue weighted by Gasteiger charge is 2.28. The Morgan fingerprint density at radius 1 is 1.33 bits per heavy atom. The van der Waals surface area contributed by atoms with Crippen molar-refractivity contribution in [2.45, 2.75) is 18.8 Å². The fourth-order valence-corrected chi connectivity index (χ4v) is 3.88. The van der Waals surface area contributed by atoms with E-state index >= 15 is 0 Å². The van der Waals surface area contributed by atoms with Gasteiger partial charge in [-0.1, -0.05) is 12.1 Å². The summed E-state index contributed by atoms with van der Waals surface area (Å²) in [5, 5.41) is 3.89. The molecule has 1 saturated heterocycles. The van der Waals surface area contributed by atoms with Gasteiger partial charge in [0.15, 0.2) is 0 Å². The zero-order valence-electron chi connectivity index (χ0n) is 11.7. The topological polar surface area (TPSA) is 29.5 Å². The van der Waals surface area contributed by atoms with Crippen LogP contribution in [0.25, 0.3) is 0 Å². The number of rotatable bonds is 2. The van der Waals surface area contributed by atoms with Gasteiger partial charge in [0.05, 0.1) is 12.2 Å². The molecule has 1 fully saturated rings. The molecule has 2 aliphatic heterocycles. The second kappa shape index (κ2) is 5.19. The second-order valence-electron chi connectivity index (χ2n) is 5.71. The van der Waals surface area contributed by atoms with Crippen LogP contribution in [0.3, 0.4) is 0 Å². The number of nitrogens with zero attached hydrogens (tertiary/aromatic N) is 1. The third-order valence-electron chi connectivity index (χ3n) is 4.43. The van der Waals surface area contributed by atoms with Gasteiger partial charge in [-0.2, -0.15) is 11.3 Å². The molecule has 3 nitrogen and oxygen atoms in total. The molecule has 0 bridgehead atoms. The third kappa shape index (κ3) is 2.33. The Bertz CT molecular complexity index is 665. The summed E-state index contributed by atoms with van der Waals surface area (Å²) < 4.78 is 5.56. The predicted molar refractivity (Wildman–Crippen MR) is 83.2 cm³/mol. The summed E-state index contributed by atoms with van der Waals surface area (Å²) >= 11 is 1.58. The maximum Gasteiger partial charge on any atom is 0.254 e. The van der Waals surface area contributed by atoms with Crippen LogP contribution >= 0.6 is 11.3 Å². The molecular formula is C17H17NO2S. The molecule has 1 aromatic carbocycles. The maximum absolute atomic E-state index is 12.4. The van der Waals surface area contributed by atoms with Crippen molar-refractivity contribution < 1.29 is 9.53 Å². The molecule has 3 heterocycles. The Balaban J connectivity index is 1.50. The van der Waals surface area contributed by atoms with Gasteiger partial charge in [0.25, 0.3) is 5.91 Å². The number of likely N-dealkylation sites (tertiary alicyclic amines) is 1. The number of hydrogen-bond acceptors (Lipinski definition) is 3. The van der Waals surface area contributed by atoms with E-state index in [1.807, 2.05) is 21.7 Å². The van der Waals surface area contributed by atoms with Crippen molar-refractivity contribution in [3.05, 3.63) is 51.7 Å². The zero-order chi connectivity index (χ0) is 14.2. The minimum Gasteiger partial charge on any atom is -0.493 e. The summed E-state index contributed by atoms with van der Waals surface area (Å²) in [6.45, 7) is 2.48. The van der Waals surface area contributed by atoms with E-state index in [0.717, 1.165) is 43.9 Å². The molecule has 4 rings (SSSR count). The van der Waals surface area contributed by atoms with Gasteiger partial charge in [-0.05, 0) is 35.1 Å². The number of hydrogen-bond donors (Lipinski definition) is 0. The number of benzene rings is 1. The monoisotopic (exact) mass is 299 g/mol. The molecule has 108 valence electrons. The van der Waals surface area contributed by atoms with Crippen molar-refractivity contribution in [2.75, 3.05) is 19.7 Å². The fourth-order valence-electron chi connectivity index (χ4n) is 3.25. The van der Waals surface area contributed by atoms with Crippen LogP contribution in [0.15, 0.2) is 35.0 Å². The Kier molecular flexibility index (Phi) is 3.19. The van der Waals surface area contributed by atoms with E-state index in [9.17, 15) is 4.79 Å². The molecule has 0 saturated carbocycles. The van der Waals surface area contributed by atoms with E-state index < -0.39 is 0 Å². The number of thiophene rings is 1. The lowest BCUT2D eigenvalue weighted by atomic mass is 9.96. The van der Waals surface area contributed by atoms with Gasteiger partial charge in [-0.15, -0.1) is 0 Å². The van der Waals surface area contributed by atoms with Gasteiger partial charge in [-0.3, -0.25) is 4.79 Å². The Hall–Kier alpha value is -1.81. The molecule has 0 radical (unpaired) electrons. The smallest absolute Gasteiger partial charge is 0.254 e. The summed E-state index contributed by atoms with van der Waals surface area (Å²) in [7, 11) is 0. The Labute approximate surface area is 128 Å². The van der Waals surface area contributed by atoms with Crippen LogP contribution in [0.4, 0.5) is 0 Å². The molecule has 1 atom stereocenters. The van der Waals surface area contributed by atoms with Crippen molar-refractivity contribution in [1.82, 2.24) is 4.90 Å². The highest BCUT2D eigenvalue weighted by Crippen LogP contribution is 2.33. The summed E-state index contributed by atoms with van der Waals surface area (Å²) in [6.07, 6.45) is 2.06. The highest BCUT2D eigenvalue weighted by molar-refractivity contribution is 7.08. The van der Waals surface area contributed by atoms with Crippen molar-refractivity contribution in [2.24, 2.45) is 0 Å². The van der Waals surface area contributed by atoms with E-state index in [4.69, 9.17) is 4.74 Å². The quantitative estimate of drug-likeness (QED) is 0.851. The first kappa shape index (κ1) is 12.9. The number of fused-ring (bicyclic) bond motifs is 1. The lowest BCUT2D eigenvalue weighted by molar-refractivity contribution is 0.0791. The molecule has 21 heavy (non-hydrogen) atoms. The van der Waals surface area contributed by atoms with E-state index in [1.54, 1.807) is 11.3 Å². The molecule has 4 heteroatoms. The van der Waals surface area contributed by atoms with Gasteiger partial charge >= 0.3 is 0 Å². The first-order valence-electron chi connectivity index (χ1n) is 7.38. The standard InChI is InChI=1S/C17H17NO2S/c19-17(15-5-8-21-11-15)18-6-3-14(10-18)12-1-2-16-13(9-12)4-7-20-16/h1-2,5,8-9,11,14H,3-4,6-7,10H2. The van der Waals surface area contributed by atoms with E-state index in [1.165, 1.54) is 11.1 Å². The lowest BCUT2D eigenvalue weighted by Crippen LogP contribution is -2.28. The predicted octanol–water partition coefficient (Wildman–Crippen LogP) is 3.31. The largest absolute Gasteiger partial charge is 0.493 e. The molecule has 2 aliphatic rings. The first-order valence-corrected chi connectivity index (χ1v) is 8.32. The summed E-state index contributed by atoms with van der Waals surface area (Å²) in [5.74, 6) is 1.66. The summed E-state index contributed by atoms with van der Waals surface area (Å²) in [4.78, 5) is 14.4. The number of carbonyl (C=O) groups excluding carboxylic acids is 1. The summed E-state index contributed by atoms with van der Waals surface area (Å²) in [5.41, 5.74) is 3.48. The minimum atomic E-state index is 0.170. The van der Waals surface area contributed by atoms with Crippen molar-refractivity contribution in [3.8, 4) is 5.75 Å². The molecule has 1 unspecified atom stereocenters. The van der Waals surface area contributed by atoms with Gasteiger partial charge in [0.1, 0.15) is 5.75 Å². The Morgan fingerprint density at radius 3 is 3.14 bits per heavy atom. The second-order valence-corrected chi connectivity index (χ2v) is 6.49. The number of amides is 1. The molecule has 0 N–H and O–H groups in total. The molecule has 1 aromatic heterocycles. The lowest BCUT2D eigenvalue weighted by Gasteiger charge is -2.16. The number of ether oxygens (including phenoxy) is 1. The van der Waals surface area contributed by atoms with Gasteiger partial charge in [0, 0.05) is 30.8 Å². The van der Waals surface area contributed by atoms with Crippen LogP contribution < -0.4 is 4.74 Å². The van der Waals surface area contributed by atoms with Crippen molar-refractivity contribution in [3.63, 3.8) is 0 Å². The van der Waals surface area contributed by atoms with Crippen LogP contribution in [-0.4, -0.2) is 30.5 Å². The minimum absolute atomic E-state index is 0.170. The zero-order valence-corrected chi connectivity index (χ0v) is 12.6. The highest BCUT2D eigenvalue weighted by atomic mass is 32.1. The van der Waals surface area contributed by atoms with E-state index in [0.29, 0.717) is 5.92 Å². The average Bonchev–Trinajstić information content (AvgIpc) is 3.25. The molecular weight excluding hydrogens is 282 g/mol. The van der Waals surface area contributed by atoms with Gasteiger partial charge in [0.2, 0.25) is 0 Å². The van der Waals surface area contributed by atoms with Crippen LogP contribution in [0.5, 0.6) is 5.75 Å². The average molecular weight is 299 g/mol. The van der Waals surface area contributed by atoms with Crippen LogP contribution in [0.2, 0.25) is 0 Å². The SMILES string of the molecule is O=C(c1ccsc1)N1CCC(c2ccc3c(c2)CCO3)C1. The van der Waals surface area contributed by atoms with Gasteiger partial charge in [-0.25, -0.2) is 0 Å². The first-order chi connectivity index (χ1) is 10.3. The maximum atomic E-state index is 12.4. The van der Waals surface area contributed by atoms with Crippen LogP contribution in [0.1, 0.15) is 33.8 Å². The molecule has 2 aromatic rings. The van der Waals surface area contributed by atoms with E-state index in [-0.39, 0.29) is 5.91 Å². The molecule has 1 amide bonds. The normalized spacial score (nSPS) is 20.4. The fraction of sp³-hybridized carbons (Fsp3) is 0.353. The molecule has 0 aliphatic carbocycles. The Morgan fingerprint density at radius 2 is 2.29 bits per heavy atom.